The van der Waals surface area contributed by atoms with E-state index in [2.05, 4.69) is 11.4 Å². The molecule has 0 aliphatic carbocycles. The number of hydrogen-bond acceptors (Lipinski definition) is 4. The Morgan fingerprint density at radius 1 is 1.15 bits per heavy atom. The molecule has 1 saturated heterocycles. The van der Waals surface area contributed by atoms with Crippen molar-refractivity contribution in [2.24, 2.45) is 5.92 Å². The van der Waals surface area contributed by atoms with Crippen molar-refractivity contribution in [1.29, 1.82) is 0 Å². The zero-order valence-electron chi connectivity index (χ0n) is 19.3. The summed E-state index contributed by atoms with van der Waals surface area (Å²) in [5.74, 6) is -0.341. The highest BCUT2D eigenvalue weighted by atomic mass is 19.1. The number of amides is 2. The van der Waals surface area contributed by atoms with Crippen LogP contribution >= 0.6 is 0 Å². The van der Waals surface area contributed by atoms with Crippen LogP contribution < -0.4 is 5.32 Å². The number of benzene rings is 2. The third-order valence-electron chi connectivity index (χ3n) is 6.04. The fraction of sp³-hybridized carbons (Fsp3) is 0.462. The fourth-order valence-electron chi connectivity index (χ4n) is 4.54. The zero-order valence-corrected chi connectivity index (χ0v) is 19.3. The summed E-state index contributed by atoms with van der Waals surface area (Å²) in [7, 11) is 0. The van der Waals surface area contributed by atoms with Crippen molar-refractivity contribution in [1.82, 2.24) is 10.2 Å². The van der Waals surface area contributed by atoms with Gasteiger partial charge >= 0.3 is 6.09 Å². The summed E-state index contributed by atoms with van der Waals surface area (Å²) in [6.07, 6.45) is 0.253. The van der Waals surface area contributed by atoms with Crippen LogP contribution in [-0.2, 0) is 20.7 Å². The Morgan fingerprint density at radius 2 is 1.88 bits per heavy atom. The first-order valence-electron chi connectivity index (χ1n) is 11.4. The van der Waals surface area contributed by atoms with E-state index in [0.29, 0.717) is 26.1 Å². The average Bonchev–Trinajstić information content (AvgIpc) is 3.25. The standard InChI is InChI=1S/C26H31FN2O4/c1-26(2,3)33-25(31)28-15-17-14-22(32-16-17)24(30)29-13-12-18-6-4-5-7-21(18)23(29)19-8-10-20(27)11-9-19/h4-11,17,22-23H,12-16H2,1-3H3,(H,28,31)/t17-,22-,23-/m0/s1. The Kier molecular flexibility index (Phi) is 6.70. The van der Waals surface area contributed by atoms with Crippen molar-refractivity contribution in [2.45, 2.75) is 51.4 Å². The minimum Gasteiger partial charge on any atom is -0.444 e. The van der Waals surface area contributed by atoms with Crippen molar-refractivity contribution < 1.29 is 23.5 Å². The highest BCUT2D eigenvalue weighted by Gasteiger charge is 2.39. The summed E-state index contributed by atoms with van der Waals surface area (Å²) in [6.45, 7) is 6.80. The summed E-state index contributed by atoms with van der Waals surface area (Å²) in [4.78, 5) is 27.3. The van der Waals surface area contributed by atoms with E-state index in [1.165, 1.54) is 17.7 Å². The summed E-state index contributed by atoms with van der Waals surface area (Å²) < 4.78 is 24.7. The van der Waals surface area contributed by atoms with Gasteiger partial charge in [0.1, 0.15) is 17.5 Å². The second-order valence-electron chi connectivity index (χ2n) is 9.74. The molecule has 2 aromatic rings. The van der Waals surface area contributed by atoms with Crippen LogP contribution in [0.4, 0.5) is 9.18 Å². The quantitative estimate of drug-likeness (QED) is 0.751. The second kappa shape index (κ2) is 9.51. The molecular weight excluding hydrogens is 423 g/mol. The lowest BCUT2D eigenvalue weighted by Crippen LogP contribution is -2.45. The molecule has 176 valence electrons. The van der Waals surface area contributed by atoms with Crippen LogP contribution in [0.3, 0.4) is 0 Å². The molecule has 33 heavy (non-hydrogen) atoms. The van der Waals surface area contributed by atoms with E-state index < -0.39 is 17.8 Å². The fourth-order valence-corrected chi connectivity index (χ4v) is 4.54. The number of carbonyl (C=O) groups excluding carboxylic acids is 2. The first-order chi connectivity index (χ1) is 15.7. The third kappa shape index (κ3) is 5.53. The number of nitrogens with one attached hydrogen (secondary N) is 1. The van der Waals surface area contributed by atoms with Crippen molar-refractivity contribution in [3.05, 3.63) is 71.0 Å². The lowest BCUT2D eigenvalue weighted by Gasteiger charge is -2.39. The molecule has 2 amide bonds. The number of rotatable bonds is 4. The van der Waals surface area contributed by atoms with E-state index in [-0.39, 0.29) is 23.7 Å². The SMILES string of the molecule is CC(C)(C)OC(=O)NC[C@H]1CO[C@H](C(=O)N2CCc3ccccc3[C@@H]2c2ccc(F)cc2)C1. The van der Waals surface area contributed by atoms with Gasteiger partial charge in [0.25, 0.3) is 5.91 Å². The van der Waals surface area contributed by atoms with Crippen LogP contribution in [0.25, 0.3) is 0 Å². The molecule has 2 heterocycles. The number of nitrogens with zero attached hydrogens (tertiary/aromatic N) is 1. The Bertz CT molecular complexity index is 1000. The van der Waals surface area contributed by atoms with Crippen LogP contribution in [0.1, 0.15) is 49.9 Å². The van der Waals surface area contributed by atoms with Gasteiger partial charge < -0.3 is 19.7 Å². The zero-order chi connectivity index (χ0) is 23.6. The summed E-state index contributed by atoms with van der Waals surface area (Å²) in [5.41, 5.74) is 2.57. The third-order valence-corrected chi connectivity index (χ3v) is 6.04. The van der Waals surface area contributed by atoms with Crippen LogP contribution in [0.5, 0.6) is 0 Å². The van der Waals surface area contributed by atoms with Crippen LogP contribution in [-0.4, -0.2) is 48.3 Å². The van der Waals surface area contributed by atoms with E-state index >= 15 is 0 Å². The molecule has 0 saturated carbocycles. The summed E-state index contributed by atoms with van der Waals surface area (Å²) in [6, 6.07) is 14.1. The van der Waals surface area contributed by atoms with Crippen molar-refractivity contribution >= 4 is 12.0 Å². The lowest BCUT2D eigenvalue weighted by molar-refractivity contribution is -0.143. The van der Waals surface area contributed by atoms with Crippen molar-refractivity contribution in [3.8, 4) is 0 Å². The van der Waals surface area contributed by atoms with E-state index in [0.717, 1.165) is 17.5 Å². The second-order valence-corrected chi connectivity index (χ2v) is 9.74. The Labute approximate surface area is 194 Å². The molecular formula is C26H31FN2O4. The molecule has 0 aromatic heterocycles. The summed E-state index contributed by atoms with van der Waals surface area (Å²) >= 11 is 0. The molecule has 2 aromatic carbocycles. The first-order valence-corrected chi connectivity index (χ1v) is 11.4. The number of ether oxygens (including phenoxy) is 2. The van der Waals surface area contributed by atoms with Crippen LogP contribution in [0, 0.1) is 11.7 Å². The Balaban J connectivity index is 1.46. The first kappa shape index (κ1) is 23.2. The van der Waals surface area contributed by atoms with E-state index in [9.17, 15) is 14.0 Å². The number of fused-ring (bicyclic) bond motifs is 1. The van der Waals surface area contributed by atoms with Gasteiger partial charge in [-0.3, -0.25) is 4.79 Å². The van der Waals surface area contributed by atoms with Gasteiger partial charge in [0.2, 0.25) is 0 Å². The Hall–Kier alpha value is -2.93. The maximum Gasteiger partial charge on any atom is 0.407 e. The topological polar surface area (TPSA) is 67.9 Å². The van der Waals surface area contributed by atoms with Gasteiger partial charge in [-0.05, 0) is 62.4 Å². The van der Waals surface area contributed by atoms with E-state index in [1.807, 2.05) is 43.9 Å². The van der Waals surface area contributed by atoms with Crippen molar-refractivity contribution in [2.75, 3.05) is 19.7 Å². The predicted octanol–water partition coefficient (Wildman–Crippen LogP) is 4.23. The Morgan fingerprint density at radius 3 is 2.61 bits per heavy atom. The molecule has 7 heteroatoms. The van der Waals surface area contributed by atoms with E-state index in [1.54, 1.807) is 12.1 Å². The van der Waals surface area contributed by atoms with Crippen LogP contribution in [0.2, 0.25) is 0 Å². The largest absolute Gasteiger partial charge is 0.444 e. The predicted molar refractivity (Wildman–Crippen MR) is 122 cm³/mol. The molecule has 0 bridgehead atoms. The smallest absolute Gasteiger partial charge is 0.407 e. The highest BCUT2D eigenvalue weighted by Crippen LogP contribution is 2.36. The van der Waals surface area contributed by atoms with Gasteiger partial charge in [0.05, 0.1) is 12.6 Å². The van der Waals surface area contributed by atoms with Gasteiger partial charge in [-0.1, -0.05) is 36.4 Å². The molecule has 0 spiro atoms. The molecule has 1 N–H and O–H groups in total. The number of hydrogen-bond donors (Lipinski definition) is 1. The molecule has 2 aliphatic rings. The number of carbonyl (C=O) groups is 2. The molecule has 3 atom stereocenters. The van der Waals surface area contributed by atoms with Crippen molar-refractivity contribution in [3.63, 3.8) is 0 Å². The molecule has 4 rings (SSSR count). The van der Waals surface area contributed by atoms with Gasteiger partial charge in [-0.15, -0.1) is 0 Å². The average molecular weight is 455 g/mol. The molecule has 6 nitrogen and oxygen atoms in total. The minimum atomic E-state index is -0.566. The summed E-state index contributed by atoms with van der Waals surface area (Å²) in [5, 5.41) is 2.77. The van der Waals surface area contributed by atoms with E-state index in [4.69, 9.17) is 9.47 Å². The molecule has 2 aliphatic heterocycles. The van der Waals surface area contributed by atoms with Crippen LogP contribution in [0.15, 0.2) is 48.5 Å². The monoisotopic (exact) mass is 454 g/mol. The van der Waals surface area contributed by atoms with Gasteiger partial charge in [-0.2, -0.15) is 0 Å². The highest BCUT2D eigenvalue weighted by molar-refractivity contribution is 5.82. The molecule has 1 fully saturated rings. The minimum absolute atomic E-state index is 0.0350. The normalized spacial score (nSPS) is 22.5. The molecule has 0 unspecified atom stereocenters. The molecule has 0 radical (unpaired) electrons. The maximum absolute atomic E-state index is 13.6. The maximum atomic E-state index is 13.6. The van der Waals surface area contributed by atoms with Gasteiger partial charge in [0, 0.05) is 19.0 Å². The van der Waals surface area contributed by atoms with Gasteiger partial charge in [0.15, 0.2) is 0 Å². The van der Waals surface area contributed by atoms with Gasteiger partial charge in [-0.25, -0.2) is 9.18 Å². The number of alkyl carbamates (subject to hydrolysis) is 1. The number of halogens is 1. The lowest BCUT2D eigenvalue weighted by atomic mass is 9.87.